The molecule has 0 heterocycles. The number of hydrogen-bond donors (Lipinski definition) is 3. The van der Waals surface area contributed by atoms with Crippen molar-refractivity contribution in [1.82, 2.24) is 10.6 Å². The van der Waals surface area contributed by atoms with E-state index in [0.29, 0.717) is 6.04 Å². The molecule has 2 unspecified atom stereocenters. The fraction of sp³-hybridized carbons (Fsp3) is 0.889. The molecule has 13 heavy (non-hydrogen) atoms. The van der Waals surface area contributed by atoms with Crippen LogP contribution in [0.15, 0.2) is 0 Å². The summed E-state index contributed by atoms with van der Waals surface area (Å²) in [6, 6.07) is 0.241. The van der Waals surface area contributed by atoms with E-state index in [1.165, 1.54) is 0 Å². The van der Waals surface area contributed by atoms with Crippen LogP contribution in [-0.2, 0) is 0 Å². The van der Waals surface area contributed by atoms with Gasteiger partial charge in [-0.25, -0.2) is 4.79 Å². The standard InChI is InChI=1S/C9H16N2O2/c12-8-3-1-2-7(8)11-9(13)10-6-4-5-6/h6-8,12H,1-5H2,(H2,10,11,13). The minimum Gasteiger partial charge on any atom is -0.391 e. The van der Waals surface area contributed by atoms with Gasteiger partial charge in [0.25, 0.3) is 0 Å². The molecule has 2 amide bonds. The zero-order chi connectivity index (χ0) is 9.26. The Hall–Kier alpha value is -0.770. The Bertz CT molecular complexity index is 204. The van der Waals surface area contributed by atoms with Gasteiger partial charge in [-0.15, -0.1) is 0 Å². The number of carbonyl (C=O) groups is 1. The normalized spacial score (nSPS) is 33.0. The molecule has 3 N–H and O–H groups in total. The van der Waals surface area contributed by atoms with Crippen LogP contribution in [0.5, 0.6) is 0 Å². The van der Waals surface area contributed by atoms with Crippen molar-refractivity contribution in [2.45, 2.75) is 50.3 Å². The highest BCUT2D eigenvalue weighted by Crippen LogP contribution is 2.20. The van der Waals surface area contributed by atoms with Crippen LogP contribution in [0.2, 0.25) is 0 Å². The van der Waals surface area contributed by atoms with Gasteiger partial charge in [0.15, 0.2) is 0 Å². The summed E-state index contributed by atoms with van der Waals surface area (Å²) in [7, 11) is 0. The van der Waals surface area contributed by atoms with Crippen molar-refractivity contribution < 1.29 is 9.90 Å². The molecule has 0 aromatic heterocycles. The van der Waals surface area contributed by atoms with Gasteiger partial charge in [0.1, 0.15) is 0 Å². The predicted molar refractivity (Wildman–Crippen MR) is 48.3 cm³/mol. The number of aliphatic hydroxyl groups excluding tert-OH is 1. The van der Waals surface area contributed by atoms with Gasteiger partial charge in [0.2, 0.25) is 0 Å². The number of nitrogens with one attached hydrogen (secondary N) is 2. The molecule has 0 spiro atoms. The number of urea groups is 1. The fourth-order valence-electron chi connectivity index (χ4n) is 1.73. The third-order valence-electron chi connectivity index (χ3n) is 2.71. The molecule has 4 heteroatoms. The highest BCUT2D eigenvalue weighted by atomic mass is 16.3. The Labute approximate surface area is 77.7 Å². The molecular weight excluding hydrogens is 168 g/mol. The molecule has 0 saturated heterocycles. The van der Waals surface area contributed by atoms with Crippen LogP contribution in [0.25, 0.3) is 0 Å². The molecule has 2 fully saturated rings. The second-order valence-corrected chi connectivity index (χ2v) is 4.00. The third kappa shape index (κ3) is 2.34. The van der Waals surface area contributed by atoms with E-state index in [1.54, 1.807) is 0 Å². The van der Waals surface area contributed by atoms with E-state index in [2.05, 4.69) is 10.6 Å². The van der Waals surface area contributed by atoms with E-state index in [-0.39, 0.29) is 18.2 Å². The average molecular weight is 184 g/mol. The minimum atomic E-state index is -0.343. The van der Waals surface area contributed by atoms with E-state index in [4.69, 9.17) is 0 Å². The molecule has 2 rings (SSSR count). The first-order valence-electron chi connectivity index (χ1n) is 5.01. The maximum Gasteiger partial charge on any atom is 0.315 e. The second kappa shape index (κ2) is 3.54. The molecule has 2 saturated carbocycles. The molecule has 0 aromatic carbocycles. The second-order valence-electron chi connectivity index (χ2n) is 4.00. The fourth-order valence-corrected chi connectivity index (χ4v) is 1.73. The molecule has 2 atom stereocenters. The number of carbonyl (C=O) groups excluding carboxylic acids is 1. The Morgan fingerprint density at radius 1 is 1.15 bits per heavy atom. The Balaban J connectivity index is 1.72. The van der Waals surface area contributed by atoms with Crippen molar-refractivity contribution in [2.24, 2.45) is 0 Å². The molecule has 4 nitrogen and oxygen atoms in total. The monoisotopic (exact) mass is 184 g/mol. The van der Waals surface area contributed by atoms with Crippen molar-refractivity contribution in [1.29, 1.82) is 0 Å². The zero-order valence-electron chi connectivity index (χ0n) is 7.62. The van der Waals surface area contributed by atoms with Gasteiger partial charge in [-0.3, -0.25) is 0 Å². The summed E-state index contributed by atoms with van der Waals surface area (Å²) in [6.45, 7) is 0. The molecule has 0 bridgehead atoms. The zero-order valence-corrected chi connectivity index (χ0v) is 7.62. The number of amides is 2. The van der Waals surface area contributed by atoms with Crippen LogP contribution >= 0.6 is 0 Å². The van der Waals surface area contributed by atoms with Gasteiger partial charge in [-0.2, -0.15) is 0 Å². The van der Waals surface area contributed by atoms with Crippen molar-refractivity contribution in [3.63, 3.8) is 0 Å². The van der Waals surface area contributed by atoms with Gasteiger partial charge in [-0.05, 0) is 32.1 Å². The Kier molecular flexibility index (Phi) is 2.40. The van der Waals surface area contributed by atoms with Crippen LogP contribution in [0.3, 0.4) is 0 Å². The summed E-state index contributed by atoms with van der Waals surface area (Å²) in [5.74, 6) is 0. The summed E-state index contributed by atoms with van der Waals surface area (Å²) < 4.78 is 0. The van der Waals surface area contributed by atoms with Crippen LogP contribution < -0.4 is 10.6 Å². The van der Waals surface area contributed by atoms with Crippen LogP contribution in [0, 0.1) is 0 Å². The lowest BCUT2D eigenvalue weighted by atomic mass is 10.2. The van der Waals surface area contributed by atoms with Crippen LogP contribution in [0.1, 0.15) is 32.1 Å². The predicted octanol–water partition coefficient (Wildman–Crippen LogP) is 0.361. The summed E-state index contributed by atoms with van der Waals surface area (Å²) in [6.07, 6.45) is 4.58. The van der Waals surface area contributed by atoms with E-state index in [9.17, 15) is 9.90 Å². The Morgan fingerprint density at radius 2 is 1.92 bits per heavy atom. The lowest BCUT2D eigenvalue weighted by Crippen LogP contribution is -2.45. The number of aliphatic hydroxyl groups is 1. The highest BCUT2D eigenvalue weighted by molar-refractivity contribution is 5.75. The van der Waals surface area contributed by atoms with Gasteiger partial charge in [0.05, 0.1) is 12.1 Å². The average Bonchev–Trinajstić information content (AvgIpc) is 2.79. The van der Waals surface area contributed by atoms with Gasteiger partial charge >= 0.3 is 6.03 Å². The van der Waals surface area contributed by atoms with Gasteiger partial charge < -0.3 is 15.7 Å². The van der Waals surface area contributed by atoms with Crippen molar-refractivity contribution >= 4 is 6.03 Å². The summed E-state index contributed by atoms with van der Waals surface area (Å²) in [5, 5.41) is 15.1. The van der Waals surface area contributed by atoms with Crippen molar-refractivity contribution in [2.75, 3.05) is 0 Å². The Morgan fingerprint density at radius 3 is 2.46 bits per heavy atom. The van der Waals surface area contributed by atoms with E-state index in [1.807, 2.05) is 0 Å². The third-order valence-corrected chi connectivity index (χ3v) is 2.71. The van der Waals surface area contributed by atoms with Crippen molar-refractivity contribution in [3.05, 3.63) is 0 Å². The molecule has 0 radical (unpaired) electrons. The highest BCUT2D eigenvalue weighted by Gasteiger charge is 2.28. The number of rotatable bonds is 2. The minimum absolute atomic E-state index is 0.0289. The van der Waals surface area contributed by atoms with Crippen LogP contribution in [-0.4, -0.2) is 29.3 Å². The number of hydrogen-bond acceptors (Lipinski definition) is 2. The maximum atomic E-state index is 11.3. The summed E-state index contributed by atoms with van der Waals surface area (Å²) in [5.41, 5.74) is 0. The summed E-state index contributed by atoms with van der Waals surface area (Å²) in [4.78, 5) is 11.3. The first-order chi connectivity index (χ1) is 6.25. The smallest absolute Gasteiger partial charge is 0.315 e. The quantitative estimate of drug-likeness (QED) is 0.580. The van der Waals surface area contributed by atoms with Crippen molar-refractivity contribution in [3.8, 4) is 0 Å². The van der Waals surface area contributed by atoms with Crippen LogP contribution in [0.4, 0.5) is 4.79 Å². The molecule has 2 aliphatic rings. The maximum absolute atomic E-state index is 11.3. The van der Waals surface area contributed by atoms with E-state index in [0.717, 1.165) is 32.1 Å². The molecule has 2 aliphatic carbocycles. The lowest BCUT2D eigenvalue weighted by molar-refractivity contribution is 0.149. The molecule has 74 valence electrons. The SMILES string of the molecule is O=C(NC1CC1)NC1CCCC1O. The van der Waals surface area contributed by atoms with Gasteiger partial charge in [-0.1, -0.05) is 0 Å². The first kappa shape index (κ1) is 8.81. The molecule has 0 aliphatic heterocycles. The van der Waals surface area contributed by atoms with E-state index >= 15 is 0 Å². The lowest BCUT2D eigenvalue weighted by Gasteiger charge is -2.16. The molecule has 0 aromatic rings. The first-order valence-corrected chi connectivity index (χ1v) is 5.01. The van der Waals surface area contributed by atoms with Gasteiger partial charge in [0, 0.05) is 6.04 Å². The topological polar surface area (TPSA) is 61.4 Å². The largest absolute Gasteiger partial charge is 0.391 e. The van der Waals surface area contributed by atoms with E-state index < -0.39 is 0 Å². The summed E-state index contributed by atoms with van der Waals surface area (Å²) >= 11 is 0. The molecular formula is C9H16N2O2.